The summed E-state index contributed by atoms with van der Waals surface area (Å²) in [6.45, 7) is 1.25. The monoisotopic (exact) mass is 461 g/mol. The van der Waals surface area contributed by atoms with Crippen molar-refractivity contribution < 1.29 is 41.1 Å². The van der Waals surface area contributed by atoms with Gasteiger partial charge in [0.2, 0.25) is 6.39 Å². The molecule has 2 heterocycles. The van der Waals surface area contributed by atoms with Gasteiger partial charge in [0.15, 0.2) is 12.4 Å². The van der Waals surface area contributed by atoms with Crippen LogP contribution in [0.25, 0.3) is 0 Å². The molecular weight excluding hydrogens is 438 g/mol. The first-order valence-electron chi connectivity index (χ1n) is 10.0. The number of amides is 1. The van der Waals surface area contributed by atoms with Crippen LogP contribution in [0, 0.1) is 5.82 Å². The molecule has 8 nitrogen and oxygen atoms in total. The zero-order valence-electron chi connectivity index (χ0n) is 17.0. The van der Waals surface area contributed by atoms with Gasteiger partial charge in [-0.2, -0.15) is 4.98 Å². The second kappa shape index (κ2) is 11.2. The quantitative estimate of drug-likeness (QED) is 0.659. The molecule has 4 rings (SSSR count). The van der Waals surface area contributed by atoms with Gasteiger partial charge < -0.3 is 19.3 Å². The van der Waals surface area contributed by atoms with Crippen LogP contribution in [0.3, 0.4) is 0 Å². The Kier molecular flexibility index (Phi) is 8.39. The van der Waals surface area contributed by atoms with Crippen LogP contribution in [0.4, 0.5) is 17.6 Å². The molecule has 1 unspecified atom stereocenters. The van der Waals surface area contributed by atoms with E-state index in [1.54, 1.807) is 0 Å². The highest BCUT2D eigenvalue weighted by Crippen LogP contribution is 2.39. The number of rotatable bonds is 6. The standard InChI is InChI=1S/C13H16FNO3.C7H7F3N2O2/c14-10-3-5-12(6-4-10)18-9-13(16)15-11-2-1-7-17-8-11;8-7(9,10)14-5-1-4(2-5)6-11-3-13-12-6/h3-6,11H,1-2,7-9H2,(H,15,16);3-5H,1-2H2. The second-order valence-corrected chi connectivity index (χ2v) is 7.37. The normalized spacial score (nSPS) is 22.8. The van der Waals surface area contributed by atoms with E-state index in [0.717, 1.165) is 25.8 Å². The number of nitrogens with one attached hydrogen (secondary N) is 1. The summed E-state index contributed by atoms with van der Waals surface area (Å²) in [5.74, 6) is 0.348. The van der Waals surface area contributed by atoms with Crippen molar-refractivity contribution in [3.8, 4) is 5.75 Å². The lowest BCUT2D eigenvalue weighted by Crippen LogP contribution is -2.42. The summed E-state index contributed by atoms with van der Waals surface area (Å²) < 4.78 is 66.6. The summed E-state index contributed by atoms with van der Waals surface area (Å²) >= 11 is 0. The highest BCUT2D eigenvalue weighted by Gasteiger charge is 2.41. The number of carbonyl (C=O) groups is 1. The minimum absolute atomic E-state index is 0.0673. The van der Waals surface area contributed by atoms with Gasteiger partial charge in [-0.15, -0.1) is 13.2 Å². The van der Waals surface area contributed by atoms with E-state index in [1.165, 1.54) is 24.3 Å². The molecule has 1 atom stereocenters. The summed E-state index contributed by atoms with van der Waals surface area (Å²) in [7, 11) is 0. The number of halogens is 4. The van der Waals surface area contributed by atoms with Gasteiger partial charge in [-0.1, -0.05) is 5.16 Å². The summed E-state index contributed by atoms with van der Waals surface area (Å²) in [5, 5.41) is 6.38. The van der Waals surface area contributed by atoms with Crippen molar-refractivity contribution in [1.82, 2.24) is 15.5 Å². The number of nitrogens with zero attached hydrogens (tertiary/aromatic N) is 2. The molecule has 1 N–H and O–H groups in total. The maximum absolute atomic E-state index is 12.6. The van der Waals surface area contributed by atoms with Gasteiger partial charge in [0.05, 0.1) is 18.8 Å². The molecule has 2 aromatic rings. The SMILES string of the molecule is FC(F)(F)OC1CC(c2ncon2)C1.O=C(COc1ccc(F)cc1)NC1CCCOC1. The van der Waals surface area contributed by atoms with Gasteiger partial charge in [-0.3, -0.25) is 9.53 Å². The molecule has 12 heteroatoms. The highest BCUT2D eigenvalue weighted by atomic mass is 19.4. The number of hydrogen-bond donors (Lipinski definition) is 1. The van der Waals surface area contributed by atoms with Crippen molar-refractivity contribution in [2.45, 2.75) is 50.1 Å². The average molecular weight is 461 g/mol. The average Bonchev–Trinajstić information content (AvgIpc) is 3.25. The molecule has 32 heavy (non-hydrogen) atoms. The molecule has 0 radical (unpaired) electrons. The fourth-order valence-electron chi connectivity index (χ4n) is 3.22. The van der Waals surface area contributed by atoms with Gasteiger partial charge in [-0.25, -0.2) is 4.39 Å². The Balaban J connectivity index is 0.000000186. The lowest BCUT2D eigenvalue weighted by atomic mass is 9.82. The van der Waals surface area contributed by atoms with E-state index in [2.05, 4.69) is 24.7 Å². The molecule has 1 amide bonds. The minimum Gasteiger partial charge on any atom is -0.484 e. The lowest BCUT2D eigenvalue weighted by molar-refractivity contribution is -0.352. The molecule has 2 fully saturated rings. The third-order valence-electron chi connectivity index (χ3n) is 4.85. The molecule has 0 bridgehead atoms. The van der Waals surface area contributed by atoms with Crippen LogP contribution in [-0.2, 0) is 14.3 Å². The Morgan fingerprint density at radius 1 is 1.22 bits per heavy atom. The minimum atomic E-state index is -4.55. The van der Waals surface area contributed by atoms with E-state index in [0.29, 0.717) is 31.0 Å². The molecular formula is C20H23F4N3O5. The predicted octanol–water partition coefficient (Wildman–Crippen LogP) is 3.35. The maximum atomic E-state index is 12.6. The van der Waals surface area contributed by atoms with E-state index in [-0.39, 0.29) is 30.3 Å². The Morgan fingerprint density at radius 2 is 1.97 bits per heavy atom. The number of alkyl halides is 3. The zero-order valence-corrected chi connectivity index (χ0v) is 17.0. The van der Waals surface area contributed by atoms with Crippen LogP contribution < -0.4 is 10.1 Å². The number of carbonyl (C=O) groups excluding carboxylic acids is 1. The van der Waals surface area contributed by atoms with E-state index >= 15 is 0 Å². The van der Waals surface area contributed by atoms with Crippen molar-refractivity contribution in [2.75, 3.05) is 19.8 Å². The van der Waals surface area contributed by atoms with Crippen molar-refractivity contribution in [2.24, 2.45) is 0 Å². The Labute approximate surface area is 181 Å². The van der Waals surface area contributed by atoms with Crippen LogP contribution in [0.2, 0.25) is 0 Å². The molecule has 2 aliphatic rings. The Bertz CT molecular complexity index is 821. The van der Waals surface area contributed by atoms with Crippen molar-refractivity contribution in [3.05, 3.63) is 42.3 Å². The largest absolute Gasteiger partial charge is 0.522 e. The molecule has 1 aliphatic heterocycles. The van der Waals surface area contributed by atoms with E-state index in [4.69, 9.17) is 9.47 Å². The van der Waals surface area contributed by atoms with Gasteiger partial charge in [0.25, 0.3) is 5.91 Å². The van der Waals surface area contributed by atoms with E-state index in [1.807, 2.05) is 0 Å². The summed E-state index contributed by atoms with van der Waals surface area (Å²) in [4.78, 5) is 15.3. The molecule has 0 spiro atoms. The number of benzene rings is 1. The summed E-state index contributed by atoms with van der Waals surface area (Å²) in [5.41, 5.74) is 0. The van der Waals surface area contributed by atoms with Gasteiger partial charge >= 0.3 is 6.36 Å². The first-order chi connectivity index (χ1) is 15.3. The fourth-order valence-corrected chi connectivity index (χ4v) is 3.22. The van der Waals surface area contributed by atoms with Crippen LogP contribution in [-0.4, -0.2) is 54.4 Å². The molecule has 1 aliphatic carbocycles. The third-order valence-corrected chi connectivity index (χ3v) is 4.85. The topological polar surface area (TPSA) is 95.7 Å². The molecule has 1 saturated heterocycles. The predicted molar refractivity (Wildman–Crippen MR) is 101 cm³/mol. The summed E-state index contributed by atoms with van der Waals surface area (Å²) in [6, 6.07) is 5.64. The zero-order chi connectivity index (χ0) is 23.0. The highest BCUT2D eigenvalue weighted by molar-refractivity contribution is 5.77. The van der Waals surface area contributed by atoms with Gasteiger partial charge in [-0.05, 0) is 49.9 Å². The van der Waals surface area contributed by atoms with Crippen LogP contribution >= 0.6 is 0 Å². The Hall–Kier alpha value is -2.73. The third kappa shape index (κ3) is 8.08. The lowest BCUT2D eigenvalue weighted by Gasteiger charge is -2.33. The fraction of sp³-hybridized carbons (Fsp3) is 0.550. The summed E-state index contributed by atoms with van der Waals surface area (Å²) in [6.07, 6.45) is -1.68. The second-order valence-electron chi connectivity index (χ2n) is 7.37. The molecule has 1 aromatic heterocycles. The van der Waals surface area contributed by atoms with E-state index in [9.17, 15) is 22.4 Å². The molecule has 1 aromatic carbocycles. The smallest absolute Gasteiger partial charge is 0.484 e. The first kappa shape index (κ1) is 23.9. The number of ether oxygens (including phenoxy) is 3. The van der Waals surface area contributed by atoms with Gasteiger partial charge in [0.1, 0.15) is 11.6 Å². The van der Waals surface area contributed by atoms with Gasteiger partial charge in [0, 0.05) is 12.5 Å². The van der Waals surface area contributed by atoms with Crippen LogP contribution in [0.5, 0.6) is 5.75 Å². The van der Waals surface area contributed by atoms with Crippen LogP contribution in [0.1, 0.15) is 37.4 Å². The van der Waals surface area contributed by atoms with Crippen molar-refractivity contribution in [3.63, 3.8) is 0 Å². The molecule has 176 valence electrons. The number of aromatic nitrogens is 2. The van der Waals surface area contributed by atoms with Crippen molar-refractivity contribution in [1.29, 1.82) is 0 Å². The molecule has 1 saturated carbocycles. The van der Waals surface area contributed by atoms with Crippen LogP contribution in [0.15, 0.2) is 35.2 Å². The van der Waals surface area contributed by atoms with Crippen molar-refractivity contribution >= 4 is 5.91 Å². The Morgan fingerprint density at radius 3 is 2.56 bits per heavy atom. The maximum Gasteiger partial charge on any atom is 0.522 e. The van der Waals surface area contributed by atoms with E-state index < -0.39 is 12.5 Å². The number of hydrogen-bond acceptors (Lipinski definition) is 7. The first-order valence-corrected chi connectivity index (χ1v) is 10.0.